The Balaban J connectivity index is 4.33. The summed E-state index contributed by atoms with van der Waals surface area (Å²) >= 11 is 0. The van der Waals surface area contributed by atoms with E-state index in [1.54, 1.807) is 20.8 Å². The zero-order chi connectivity index (χ0) is 9.12. The monoisotopic (exact) mass is 163 g/mol. The third-order valence-electron chi connectivity index (χ3n) is 1.43. The molecule has 0 bridgehead atoms. The van der Waals surface area contributed by atoms with E-state index in [0.29, 0.717) is 6.61 Å². The van der Waals surface area contributed by atoms with Crippen LogP contribution in [-0.2, 0) is 9.47 Å². The predicted octanol–water partition coefficient (Wildman–Crippen LogP) is 0.0527. The first kappa shape index (κ1) is 10.8. The van der Waals surface area contributed by atoms with Gasteiger partial charge in [0.15, 0.2) is 0 Å². The molecular weight excluding hydrogens is 146 g/mol. The van der Waals surface area contributed by atoms with Gasteiger partial charge in [0.25, 0.3) is 5.97 Å². The maximum Gasteiger partial charge on any atom is 0.298 e. The summed E-state index contributed by atoms with van der Waals surface area (Å²) in [7, 11) is 1.35. The fourth-order valence-electron chi connectivity index (χ4n) is 0.704. The Morgan fingerprint density at radius 1 is 1.45 bits per heavy atom. The van der Waals surface area contributed by atoms with Crippen molar-refractivity contribution in [2.24, 2.45) is 5.73 Å². The summed E-state index contributed by atoms with van der Waals surface area (Å²) in [5.74, 6) is -1.69. The second kappa shape index (κ2) is 3.49. The van der Waals surface area contributed by atoms with E-state index in [0.717, 1.165) is 0 Å². The summed E-state index contributed by atoms with van der Waals surface area (Å²) in [5, 5.41) is 9.59. The molecule has 4 heteroatoms. The van der Waals surface area contributed by atoms with Crippen molar-refractivity contribution in [3.63, 3.8) is 0 Å². The van der Waals surface area contributed by atoms with Crippen molar-refractivity contribution in [2.75, 3.05) is 13.7 Å². The van der Waals surface area contributed by atoms with Crippen LogP contribution in [0.25, 0.3) is 0 Å². The molecule has 11 heavy (non-hydrogen) atoms. The second-order valence-electron chi connectivity index (χ2n) is 2.94. The Bertz CT molecular complexity index is 121. The normalized spacial score (nSPS) is 18.0. The van der Waals surface area contributed by atoms with Crippen LogP contribution < -0.4 is 5.73 Å². The molecule has 4 nitrogen and oxygen atoms in total. The minimum absolute atomic E-state index is 0.352. The first-order chi connectivity index (χ1) is 4.87. The smallest absolute Gasteiger partial charge is 0.298 e. The summed E-state index contributed by atoms with van der Waals surface area (Å²) in [5.41, 5.74) is 4.68. The third-order valence-corrected chi connectivity index (χ3v) is 1.43. The fraction of sp³-hybridized carbons (Fsp3) is 1.00. The van der Waals surface area contributed by atoms with E-state index in [4.69, 9.17) is 15.2 Å². The molecule has 0 aromatic carbocycles. The van der Waals surface area contributed by atoms with Crippen molar-refractivity contribution >= 4 is 0 Å². The summed E-state index contributed by atoms with van der Waals surface area (Å²) < 4.78 is 9.70. The van der Waals surface area contributed by atoms with Crippen LogP contribution in [0.5, 0.6) is 0 Å². The topological polar surface area (TPSA) is 64.7 Å². The maximum atomic E-state index is 9.59. The van der Waals surface area contributed by atoms with Gasteiger partial charge in [0.2, 0.25) is 0 Å². The molecule has 0 rings (SSSR count). The lowest BCUT2D eigenvalue weighted by Gasteiger charge is -2.36. The number of hydrogen-bond donors (Lipinski definition) is 2. The van der Waals surface area contributed by atoms with Crippen molar-refractivity contribution in [1.29, 1.82) is 0 Å². The minimum atomic E-state index is -1.69. The van der Waals surface area contributed by atoms with Crippen LogP contribution in [0.1, 0.15) is 20.8 Å². The summed E-state index contributed by atoms with van der Waals surface area (Å²) in [6, 6.07) is 0. The summed E-state index contributed by atoms with van der Waals surface area (Å²) in [6.45, 7) is 5.37. The lowest BCUT2D eigenvalue weighted by atomic mass is 10.0. The SMILES string of the molecule is CCOC(O)(OC)C(C)(C)N. The van der Waals surface area contributed by atoms with E-state index in [9.17, 15) is 5.11 Å². The molecule has 0 heterocycles. The zero-order valence-corrected chi connectivity index (χ0v) is 7.55. The molecule has 0 fully saturated rings. The zero-order valence-electron chi connectivity index (χ0n) is 7.55. The van der Waals surface area contributed by atoms with Crippen LogP contribution in [0.2, 0.25) is 0 Å². The van der Waals surface area contributed by atoms with Gasteiger partial charge < -0.3 is 20.3 Å². The van der Waals surface area contributed by atoms with E-state index < -0.39 is 11.5 Å². The van der Waals surface area contributed by atoms with Gasteiger partial charge >= 0.3 is 0 Å². The van der Waals surface area contributed by atoms with Crippen LogP contribution in [0.3, 0.4) is 0 Å². The Kier molecular flexibility index (Phi) is 3.44. The number of ether oxygens (including phenoxy) is 2. The minimum Gasteiger partial charge on any atom is -0.342 e. The van der Waals surface area contributed by atoms with E-state index >= 15 is 0 Å². The quantitative estimate of drug-likeness (QED) is 0.575. The molecule has 0 saturated carbocycles. The van der Waals surface area contributed by atoms with Crippen LogP contribution in [0, 0.1) is 0 Å². The molecule has 0 spiro atoms. The number of nitrogens with two attached hydrogens (primary N) is 1. The van der Waals surface area contributed by atoms with Gasteiger partial charge in [0.1, 0.15) is 0 Å². The van der Waals surface area contributed by atoms with Gasteiger partial charge in [-0.05, 0) is 20.8 Å². The summed E-state index contributed by atoms with van der Waals surface area (Å²) in [6.07, 6.45) is 0. The van der Waals surface area contributed by atoms with Crippen molar-refractivity contribution < 1.29 is 14.6 Å². The molecule has 0 aliphatic rings. The van der Waals surface area contributed by atoms with Crippen LogP contribution in [0.15, 0.2) is 0 Å². The van der Waals surface area contributed by atoms with E-state index in [1.807, 2.05) is 0 Å². The van der Waals surface area contributed by atoms with Crippen LogP contribution in [0.4, 0.5) is 0 Å². The molecular formula is C7H17NO3. The molecule has 0 amide bonds. The van der Waals surface area contributed by atoms with E-state index in [1.165, 1.54) is 7.11 Å². The third kappa shape index (κ3) is 2.41. The molecule has 3 N–H and O–H groups in total. The first-order valence-corrected chi connectivity index (χ1v) is 3.57. The highest BCUT2D eigenvalue weighted by atomic mass is 16.8. The van der Waals surface area contributed by atoms with Gasteiger partial charge in [-0.15, -0.1) is 0 Å². The first-order valence-electron chi connectivity index (χ1n) is 3.57. The molecule has 1 atom stereocenters. The molecule has 0 aromatic heterocycles. The van der Waals surface area contributed by atoms with Crippen molar-refractivity contribution in [1.82, 2.24) is 0 Å². The van der Waals surface area contributed by atoms with Crippen molar-refractivity contribution in [3.05, 3.63) is 0 Å². The van der Waals surface area contributed by atoms with E-state index in [-0.39, 0.29) is 0 Å². The largest absolute Gasteiger partial charge is 0.342 e. The van der Waals surface area contributed by atoms with Crippen molar-refractivity contribution in [3.8, 4) is 0 Å². The van der Waals surface area contributed by atoms with Gasteiger partial charge in [-0.25, -0.2) is 0 Å². The lowest BCUT2D eigenvalue weighted by molar-refractivity contribution is -0.375. The van der Waals surface area contributed by atoms with E-state index in [2.05, 4.69) is 0 Å². The number of aliphatic hydroxyl groups is 1. The highest BCUT2D eigenvalue weighted by Gasteiger charge is 2.42. The number of methoxy groups -OCH3 is 1. The molecule has 68 valence electrons. The number of rotatable bonds is 4. The predicted molar refractivity (Wildman–Crippen MR) is 41.9 cm³/mol. The highest BCUT2D eigenvalue weighted by molar-refractivity contribution is 4.82. The average Bonchev–Trinajstić information content (AvgIpc) is 1.86. The van der Waals surface area contributed by atoms with Gasteiger partial charge in [-0.2, -0.15) is 0 Å². The molecule has 0 radical (unpaired) electrons. The molecule has 1 unspecified atom stereocenters. The van der Waals surface area contributed by atoms with Crippen molar-refractivity contribution in [2.45, 2.75) is 32.3 Å². The summed E-state index contributed by atoms with van der Waals surface area (Å²) in [4.78, 5) is 0. The fourth-order valence-corrected chi connectivity index (χ4v) is 0.704. The molecule has 0 aromatic rings. The van der Waals surface area contributed by atoms with Crippen LogP contribution >= 0.6 is 0 Å². The standard InChI is InChI=1S/C7H17NO3/c1-5-11-7(9,10-4)6(2,3)8/h9H,5,8H2,1-4H3. The van der Waals surface area contributed by atoms with Gasteiger partial charge in [-0.1, -0.05) is 0 Å². The maximum absolute atomic E-state index is 9.59. The molecule has 0 aliphatic heterocycles. The Morgan fingerprint density at radius 3 is 2.00 bits per heavy atom. The average molecular weight is 163 g/mol. The van der Waals surface area contributed by atoms with Gasteiger partial charge in [0, 0.05) is 13.7 Å². The Labute approximate surface area is 67.3 Å². The Hall–Kier alpha value is -0.160. The van der Waals surface area contributed by atoms with Gasteiger partial charge in [0.05, 0.1) is 5.54 Å². The van der Waals surface area contributed by atoms with Crippen LogP contribution in [-0.4, -0.2) is 30.3 Å². The molecule has 0 aliphatic carbocycles. The highest BCUT2D eigenvalue weighted by Crippen LogP contribution is 2.21. The number of hydrogen-bond acceptors (Lipinski definition) is 4. The lowest BCUT2D eigenvalue weighted by Crippen LogP contribution is -2.59. The Morgan fingerprint density at radius 2 is 1.91 bits per heavy atom. The molecule has 0 saturated heterocycles. The van der Waals surface area contributed by atoms with Gasteiger partial charge in [-0.3, -0.25) is 0 Å². The second-order valence-corrected chi connectivity index (χ2v) is 2.94.